The Morgan fingerprint density at radius 2 is 1.77 bits per heavy atom. The monoisotopic (exact) mass is 185 g/mol. The van der Waals surface area contributed by atoms with Gasteiger partial charge in [-0.15, -0.1) is 0 Å². The first-order chi connectivity index (χ1) is 5.85. The zero-order valence-electron chi connectivity index (χ0n) is 9.43. The number of rotatable bonds is 0. The molecular formula is C11H23NO. The van der Waals surface area contributed by atoms with Crippen LogP contribution in [0.4, 0.5) is 0 Å². The van der Waals surface area contributed by atoms with Crippen molar-refractivity contribution in [3.05, 3.63) is 0 Å². The molecule has 1 aliphatic rings. The molecule has 2 nitrogen and oxygen atoms in total. The van der Waals surface area contributed by atoms with Gasteiger partial charge in [0.2, 0.25) is 0 Å². The van der Waals surface area contributed by atoms with Crippen molar-refractivity contribution in [2.24, 2.45) is 5.41 Å². The van der Waals surface area contributed by atoms with E-state index in [0.29, 0.717) is 0 Å². The van der Waals surface area contributed by atoms with Gasteiger partial charge in [-0.2, -0.15) is 0 Å². The summed E-state index contributed by atoms with van der Waals surface area (Å²) in [4.78, 5) is 2.31. The summed E-state index contributed by atoms with van der Waals surface area (Å²) < 4.78 is 0. The van der Waals surface area contributed by atoms with Gasteiger partial charge in [-0.25, -0.2) is 0 Å². The fourth-order valence-electron chi connectivity index (χ4n) is 2.00. The zero-order valence-corrected chi connectivity index (χ0v) is 9.43. The Hall–Kier alpha value is -0.0800. The van der Waals surface area contributed by atoms with Crippen LogP contribution in [0.25, 0.3) is 0 Å². The first-order valence-corrected chi connectivity index (χ1v) is 5.26. The molecule has 1 fully saturated rings. The zero-order chi connectivity index (χ0) is 10.1. The van der Waals surface area contributed by atoms with E-state index in [1.165, 1.54) is 0 Å². The maximum absolute atomic E-state index is 10.5. The van der Waals surface area contributed by atoms with Gasteiger partial charge in [-0.05, 0) is 38.3 Å². The highest BCUT2D eigenvalue weighted by molar-refractivity contribution is 4.92. The van der Waals surface area contributed by atoms with Gasteiger partial charge in [0.15, 0.2) is 0 Å². The van der Waals surface area contributed by atoms with Gasteiger partial charge in [0.05, 0.1) is 5.60 Å². The number of hydrogen-bond donors (Lipinski definition) is 1. The minimum atomic E-state index is -0.461. The van der Waals surface area contributed by atoms with Crippen molar-refractivity contribution in [1.82, 2.24) is 4.90 Å². The van der Waals surface area contributed by atoms with Crippen LogP contribution in [-0.2, 0) is 0 Å². The van der Waals surface area contributed by atoms with E-state index in [4.69, 9.17) is 0 Å². The van der Waals surface area contributed by atoms with Crippen LogP contribution < -0.4 is 0 Å². The number of likely N-dealkylation sites (tertiary alicyclic amines) is 1. The smallest absolute Gasteiger partial charge is 0.0708 e. The molecule has 0 aromatic heterocycles. The molecular weight excluding hydrogens is 162 g/mol. The molecule has 2 heteroatoms. The quantitative estimate of drug-likeness (QED) is 0.623. The number of aliphatic hydroxyl groups is 1. The Morgan fingerprint density at radius 1 is 1.15 bits per heavy atom. The molecule has 1 atom stereocenters. The fourth-order valence-corrected chi connectivity index (χ4v) is 2.00. The SMILES string of the molecule is CN1CCCC(O)(C(C)(C)C)CC1. The van der Waals surface area contributed by atoms with Crippen LogP contribution in [0, 0.1) is 5.41 Å². The molecule has 1 aliphatic heterocycles. The maximum Gasteiger partial charge on any atom is 0.0708 e. The summed E-state index contributed by atoms with van der Waals surface area (Å²) in [5.41, 5.74) is -0.448. The molecule has 13 heavy (non-hydrogen) atoms. The van der Waals surface area contributed by atoms with Crippen LogP contribution >= 0.6 is 0 Å². The predicted octanol–water partition coefficient (Wildman–Crippen LogP) is 1.88. The van der Waals surface area contributed by atoms with Crippen molar-refractivity contribution in [2.75, 3.05) is 20.1 Å². The second-order valence-electron chi connectivity index (χ2n) is 5.44. The Morgan fingerprint density at radius 3 is 2.31 bits per heavy atom. The minimum Gasteiger partial charge on any atom is -0.389 e. The van der Waals surface area contributed by atoms with Crippen molar-refractivity contribution in [3.63, 3.8) is 0 Å². The second kappa shape index (κ2) is 3.58. The van der Waals surface area contributed by atoms with Crippen LogP contribution in [0.15, 0.2) is 0 Å². The largest absolute Gasteiger partial charge is 0.389 e. The summed E-state index contributed by atoms with van der Waals surface area (Å²) in [5, 5.41) is 10.5. The Labute approximate surface area is 81.9 Å². The van der Waals surface area contributed by atoms with Crippen LogP contribution in [-0.4, -0.2) is 35.7 Å². The lowest BCUT2D eigenvalue weighted by molar-refractivity contribution is -0.0682. The molecule has 1 N–H and O–H groups in total. The summed E-state index contributed by atoms with van der Waals surface area (Å²) in [7, 11) is 2.13. The summed E-state index contributed by atoms with van der Waals surface area (Å²) in [6, 6.07) is 0. The van der Waals surface area contributed by atoms with Crippen molar-refractivity contribution < 1.29 is 5.11 Å². The lowest BCUT2D eigenvalue weighted by Crippen LogP contribution is -2.43. The second-order valence-corrected chi connectivity index (χ2v) is 5.44. The molecule has 78 valence electrons. The lowest BCUT2D eigenvalue weighted by Gasteiger charge is -2.39. The van der Waals surface area contributed by atoms with E-state index in [1.807, 2.05) is 0 Å². The van der Waals surface area contributed by atoms with Gasteiger partial charge in [0, 0.05) is 6.54 Å². The van der Waals surface area contributed by atoms with E-state index >= 15 is 0 Å². The van der Waals surface area contributed by atoms with E-state index in [0.717, 1.165) is 32.4 Å². The Balaban J connectivity index is 2.68. The molecule has 0 bridgehead atoms. The molecule has 1 rings (SSSR count). The normalized spacial score (nSPS) is 33.0. The summed E-state index contributed by atoms with van der Waals surface area (Å²) >= 11 is 0. The van der Waals surface area contributed by atoms with Crippen LogP contribution in [0.2, 0.25) is 0 Å². The number of hydrogen-bond acceptors (Lipinski definition) is 2. The first-order valence-electron chi connectivity index (χ1n) is 5.26. The van der Waals surface area contributed by atoms with E-state index in [1.54, 1.807) is 0 Å². The molecule has 0 aromatic rings. The van der Waals surface area contributed by atoms with Crippen molar-refractivity contribution >= 4 is 0 Å². The van der Waals surface area contributed by atoms with Gasteiger partial charge in [-0.1, -0.05) is 20.8 Å². The highest BCUT2D eigenvalue weighted by Crippen LogP contribution is 2.38. The van der Waals surface area contributed by atoms with E-state index in [2.05, 4.69) is 32.7 Å². The van der Waals surface area contributed by atoms with Gasteiger partial charge in [0.1, 0.15) is 0 Å². The van der Waals surface area contributed by atoms with E-state index in [-0.39, 0.29) is 5.41 Å². The molecule has 1 heterocycles. The Kier molecular flexibility index (Phi) is 3.03. The molecule has 1 unspecified atom stereocenters. The molecule has 0 saturated carbocycles. The van der Waals surface area contributed by atoms with Crippen LogP contribution in [0.1, 0.15) is 40.0 Å². The van der Waals surface area contributed by atoms with Gasteiger partial charge in [-0.3, -0.25) is 0 Å². The van der Waals surface area contributed by atoms with Crippen LogP contribution in [0.5, 0.6) is 0 Å². The van der Waals surface area contributed by atoms with Crippen molar-refractivity contribution in [1.29, 1.82) is 0 Å². The van der Waals surface area contributed by atoms with E-state index in [9.17, 15) is 5.11 Å². The van der Waals surface area contributed by atoms with Gasteiger partial charge >= 0.3 is 0 Å². The third kappa shape index (κ3) is 2.44. The minimum absolute atomic E-state index is 0.0121. The summed E-state index contributed by atoms with van der Waals surface area (Å²) in [5.74, 6) is 0. The molecule has 0 aromatic carbocycles. The van der Waals surface area contributed by atoms with Gasteiger partial charge in [0.25, 0.3) is 0 Å². The summed E-state index contributed by atoms with van der Waals surface area (Å²) in [6.45, 7) is 8.56. The van der Waals surface area contributed by atoms with Crippen molar-refractivity contribution in [2.45, 2.75) is 45.6 Å². The topological polar surface area (TPSA) is 23.5 Å². The highest BCUT2D eigenvalue weighted by atomic mass is 16.3. The molecule has 0 amide bonds. The van der Waals surface area contributed by atoms with Crippen molar-refractivity contribution in [3.8, 4) is 0 Å². The van der Waals surface area contributed by atoms with Crippen LogP contribution in [0.3, 0.4) is 0 Å². The Bertz CT molecular complexity index is 173. The van der Waals surface area contributed by atoms with Gasteiger partial charge < -0.3 is 10.0 Å². The molecule has 0 spiro atoms. The fraction of sp³-hybridized carbons (Fsp3) is 1.00. The lowest BCUT2D eigenvalue weighted by atomic mass is 9.72. The molecule has 0 radical (unpaired) electrons. The maximum atomic E-state index is 10.5. The third-order valence-electron chi connectivity index (χ3n) is 3.43. The molecule has 1 saturated heterocycles. The third-order valence-corrected chi connectivity index (χ3v) is 3.43. The predicted molar refractivity (Wildman–Crippen MR) is 55.8 cm³/mol. The summed E-state index contributed by atoms with van der Waals surface area (Å²) in [6.07, 6.45) is 2.97. The number of nitrogens with zero attached hydrogens (tertiary/aromatic N) is 1. The average Bonchev–Trinajstić information content (AvgIpc) is 2.13. The first kappa shape index (κ1) is 11.0. The highest BCUT2D eigenvalue weighted by Gasteiger charge is 2.40. The average molecular weight is 185 g/mol. The van der Waals surface area contributed by atoms with E-state index < -0.39 is 5.60 Å². The standard InChI is InChI=1S/C11H23NO/c1-10(2,3)11(13)6-5-8-12(4)9-7-11/h13H,5-9H2,1-4H3. The molecule has 0 aliphatic carbocycles.